The van der Waals surface area contributed by atoms with Crippen molar-refractivity contribution in [1.82, 2.24) is 9.55 Å². The molecule has 0 spiro atoms. The van der Waals surface area contributed by atoms with Gasteiger partial charge < -0.3 is 4.90 Å². The monoisotopic (exact) mass is 423 g/mol. The van der Waals surface area contributed by atoms with Crippen molar-refractivity contribution >= 4 is 50.1 Å². The largest absolute Gasteiger partial charge is 0.308 e. The minimum atomic E-state index is -0.127. The number of fused-ring (bicyclic) bond motifs is 2. The number of carbonyl (C=O) groups excluding carboxylic acids is 1. The number of nitrogens with zero attached hydrogens (tertiary/aromatic N) is 3. The molecule has 1 aliphatic rings. The van der Waals surface area contributed by atoms with Crippen molar-refractivity contribution in [2.45, 2.75) is 13.3 Å². The van der Waals surface area contributed by atoms with Crippen LogP contribution in [0.1, 0.15) is 24.7 Å². The molecule has 0 N–H and O–H groups in total. The van der Waals surface area contributed by atoms with E-state index in [-0.39, 0.29) is 11.5 Å². The van der Waals surface area contributed by atoms with Gasteiger partial charge in [0.2, 0.25) is 0 Å². The van der Waals surface area contributed by atoms with Crippen LogP contribution in [0.3, 0.4) is 0 Å². The third-order valence-electron chi connectivity index (χ3n) is 4.75. The third-order valence-corrected chi connectivity index (χ3v) is 5.25. The van der Waals surface area contributed by atoms with Crippen LogP contribution >= 0.6 is 15.9 Å². The number of carbonyl (C=O) groups is 1. The van der Waals surface area contributed by atoms with Gasteiger partial charge in [-0.05, 0) is 42.8 Å². The van der Waals surface area contributed by atoms with Gasteiger partial charge in [0.25, 0.3) is 11.5 Å². The summed E-state index contributed by atoms with van der Waals surface area (Å²) in [5.41, 5.74) is 2.79. The van der Waals surface area contributed by atoms with Crippen LogP contribution in [0, 0.1) is 0 Å². The Morgan fingerprint density at radius 2 is 1.93 bits per heavy atom. The van der Waals surface area contributed by atoms with Crippen molar-refractivity contribution in [3.05, 3.63) is 68.7 Å². The first kappa shape index (κ1) is 17.7. The van der Waals surface area contributed by atoms with Crippen molar-refractivity contribution in [3.8, 4) is 0 Å². The van der Waals surface area contributed by atoms with Gasteiger partial charge in [-0.1, -0.05) is 35.0 Å². The van der Waals surface area contributed by atoms with E-state index in [1.807, 2.05) is 43.3 Å². The molecule has 2 aromatic carbocycles. The fourth-order valence-corrected chi connectivity index (χ4v) is 3.77. The Bertz CT molecular complexity index is 1160. The predicted octanol–water partition coefficient (Wildman–Crippen LogP) is 3.99. The van der Waals surface area contributed by atoms with Crippen LogP contribution in [0.4, 0.5) is 5.69 Å². The highest BCUT2D eigenvalue weighted by atomic mass is 79.9. The van der Waals surface area contributed by atoms with Crippen molar-refractivity contribution in [2.24, 2.45) is 7.05 Å². The summed E-state index contributed by atoms with van der Waals surface area (Å²) in [4.78, 5) is 32.1. The molecule has 4 rings (SSSR count). The number of benzene rings is 2. The maximum absolute atomic E-state index is 13.1. The lowest BCUT2D eigenvalue weighted by Crippen LogP contribution is -2.27. The third kappa shape index (κ3) is 2.90. The molecule has 5 nitrogen and oxygen atoms in total. The SMILES string of the molecule is CCCN1C(=O)/C(=C/c2nc3ccccc3c(=O)n2C)c2cc(Br)ccc21. The van der Waals surface area contributed by atoms with E-state index in [0.29, 0.717) is 28.8 Å². The molecule has 0 unspecified atom stereocenters. The predicted molar refractivity (Wildman–Crippen MR) is 112 cm³/mol. The number of amides is 1. The number of halogens is 1. The van der Waals surface area contributed by atoms with Crippen LogP contribution < -0.4 is 10.5 Å². The molecule has 0 fully saturated rings. The molecule has 2 heterocycles. The minimum Gasteiger partial charge on any atom is -0.308 e. The Morgan fingerprint density at radius 3 is 2.70 bits per heavy atom. The summed E-state index contributed by atoms with van der Waals surface area (Å²) in [6.07, 6.45) is 2.58. The number of para-hydroxylation sites is 1. The van der Waals surface area contributed by atoms with Gasteiger partial charge in [-0.3, -0.25) is 14.2 Å². The molecule has 0 radical (unpaired) electrons. The van der Waals surface area contributed by atoms with Gasteiger partial charge in [0.05, 0.1) is 22.2 Å². The van der Waals surface area contributed by atoms with Crippen molar-refractivity contribution in [2.75, 3.05) is 11.4 Å². The Balaban J connectivity index is 1.94. The average molecular weight is 424 g/mol. The summed E-state index contributed by atoms with van der Waals surface area (Å²) < 4.78 is 2.39. The quantitative estimate of drug-likeness (QED) is 0.598. The molecular formula is C21H18BrN3O2. The zero-order valence-corrected chi connectivity index (χ0v) is 16.7. The molecule has 1 amide bonds. The Hall–Kier alpha value is -2.73. The molecule has 1 aliphatic heterocycles. The van der Waals surface area contributed by atoms with Gasteiger partial charge in [-0.25, -0.2) is 4.98 Å². The number of rotatable bonds is 3. The van der Waals surface area contributed by atoms with E-state index in [0.717, 1.165) is 22.1 Å². The topological polar surface area (TPSA) is 55.2 Å². The smallest absolute Gasteiger partial charge is 0.261 e. The highest BCUT2D eigenvalue weighted by Crippen LogP contribution is 2.39. The lowest BCUT2D eigenvalue weighted by atomic mass is 10.1. The number of aromatic nitrogens is 2. The van der Waals surface area contributed by atoms with Crippen LogP contribution in [-0.4, -0.2) is 22.0 Å². The van der Waals surface area contributed by atoms with Crippen molar-refractivity contribution in [3.63, 3.8) is 0 Å². The highest BCUT2D eigenvalue weighted by molar-refractivity contribution is 9.10. The molecule has 0 atom stereocenters. The Labute approximate surface area is 165 Å². The van der Waals surface area contributed by atoms with Crippen LogP contribution in [0.5, 0.6) is 0 Å². The number of hydrogen-bond acceptors (Lipinski definition) is 3. The second-order valence-corrected chi connectivity index (χ2v) is 7.44. The van der Waals surface area contributed by atoms with E-state index in [1.165, 1.54) is 4.57 Å². The van der Waals surface area contributed by atoms with Crippen LogP contribution in [0.2, 0.25) is 0 Å². The molecule has 0 saturated carbocycles. The molecule has 136 valence electrons. The van der Waals surface area contributed by atoms with Gasteiger partial charge in [-0.15, -0.1) is 0 Å². The number of hydrogen-bond donors (Lipinski definition) is 0. The molecule has 3 aromatic rings. The van der Waals surface area contributed by atoms with Crippen LogP contribution in [0.15, 0.2) is 51.7 Å². The maximum Gasteiger partial charge on any atom is 0.261 e. The van der Waals surface area contributed by atoms with E-state index in [9.17, 15) is 9.59 Å². The molecule has 0 bridgehead atoms. The van der Waals surface area contributed by atoms with Gasteiger partial charge in [0.15, 0.2) is 0 Å². The fraction of sp³-hybridized carbons (Fsp3) is 0.190. The summed E-state index contributed by atoms with van der Waals surface area (Å²) in [7, 11) is 1.68. The average Bonchev–Trinajstić information content (AvgIpc) is 2.91. The Kier molecular flexibility index (Phi) is 4.44. The van der Waals surface area contributed by atoms with E-state index in [2.05, 4.69) is 20.9 Å². The van der Waals surface area contributed by atoms with Crippen molar-refractivity contribution in [1.29, 1.82) is 0 Å². The van der Waals surface area contributed by atoms with Gasteiger partial charge in [0, 0.05) is 23.6 Å². The second-order valence-electron chi connectivity index (χ2n) is 6.53. The second kappa shape index (κ2) is 6.78. The Morgan fingerprint density at radius 1 is 1.15 bits per heavy atom. The van der Waals surface area contributed by atoms with E-state index in [4.69, 9.17) is 0 Å². The van der Waals surface area contributed by atoms with Crippen LogP contribution in [-0.2, 0) is 11.8 Å². The standard InChI is InChI=1S/C21H18BrN3O2/c1-3-10-25-18-9-8-13(22)11-15(18)16(21(25)27)12-19-23-17-7-5-4-6-14(17)20(26)24(19)2/h4-9,11-12H,3,10H2,1-2H3/b16-12+. The number of anilines is 1. The van der Waals surface area contributed by atoms with Gasteiger partial charge >= 0.3 is 0 Å². The molecule has 0 aliphatic carbocycles. The van der Waals surface area contributed by atoms with Crippen molar-refractivity contribution < 1.29 is 4.79 Å². The fourth-order valence-electron chi connectivity index (χ4n) is 3.41. The summed E-state index contributed by atoms with van der Waals surface area (Å²) in [6.45, 7) is 2.69. The summed E-state index contributed by atoms with van der Waals surface area (Å²) in [5.74, 6) is 0.402. The molecule has 6 heteroatoms. The minimum absolute atomic E-state index is 0.0626. The molecule has 0 saturated heterocycles. The maximum atomic E-state index is 13.1. The lowest BCUT2D eigenvalue weighted by molar-refractivity contribution is -0.113. The van der Waals surface area contributed by atoms with Crippen LogP contribution in [0.25, 0.3) is 22.6 Å². The summed E-state index contributed by atoms with van der Waals surface area (Å²) in [6, 6.07) is 13.1. The molecule has 1 aromatic heterocycles. The highest BCUT2D eigenvalue weighted by Gasteiger charge is 2.32. The molecule has 27 heavy (non-hydrogen) atoms. The summed E-state index contributed by atoms with van der Waals surface area (Å²) in [5, 5.41) is 0.565. The summed E-state index contributed by atoms with van der Waals surface area (Å²) >= 11 is 3.49. The van der Waals surface area contributed by atoms with E-state index < -0.39 is 0 Å². The molecular weight excluding hydrogens is 406 g/mol. The van der Waals surface area contributed by atoms with Gasteiger partial charge in [0.1, 0.15) is 5.82 Å². The van der Waals surface area contributed by atoms with E-state index in [1.54, 1.807) is 24.1 Å². The first-order valence-electron chi connectivity index (χ1n) is 8.80. The first-order chi connectivity index (χ1) is 13.0. The normalized spacial score (nSPS) is 15.0. The van der Waals surface area contributed by atoms with E-state index >= 15 is 0 Å². The first-order valence-corrected chi connectivity index (χ1v) is 9.60. The zero-order chi connectivity index (χ0) is 19.1. The zero-order valence-electron chi connectivity index (χ0n) is 15.1. The lowest BCUT2D eigenvalue weighted by Gasteiger charge is -2.15. The van der Waals surface area contributed by atoms with Gasteiger partial charge in [-0.2, -0.15) is 0 Å².